The van der Waals surface area contributed by atoms with Gasteiger partial charge in [-0.05, 0) is 55.5 Å². The Morgan fingerprint density at radius 2 is 1.67 bits per heavy atom. The van der Waals surface area contributed by atoms with Gasteiger partial charge in [0.05, 0.1) is 7.11 Å². The number of piperidine rings is 1. The molecule has 0 aliphatic carbocycles. The lowest BCUT2D eigenvalue weighted by Gasteiger charge is -2.31. The molecule has 1 fully saturated rings. The summed E-state index contributed by atoms with van der Waals surface area (Å²) >= 11 is 0.986. The monoisotopic (exact) mass is 507 g/mol. The van der Waals surface area contributed by atoms with Crippen LogP contribution < -0.4 is 15.4 Å². The molecule has 2 N–H and O–H groups in total. The molecular weight excluding hydrogens is 478 g/mol. The number of hydrogen-bond acceptors (Lipinski definition) is 7. The van der Waals surface area contributed by atoms with Gasteiger partial charge in [0.15, 0.2) is 0 Å². The molecule has 9 nitrogen and oxygen atoms in total. The van der Waals surface area contributed by atoms with E-state index < -0.39 is 5.91 Å². The molecule has 1 aromatic heterocycles. The summed E-state index contributed by atoms with van der Waals surface area (Å²) in [4.78, 5) is 39.4. The average Bonchev–Trinajstić information content (AvgIpc) is 3.40. The molecule has 4 rings (SSSR count). The Labute approximate surface area is 213 Å². The number of carbonyl (C=O) groups excluding carboxylic acids is 3. The highest BCUT2D eigenvalue weighted by molar-refractivity contribution is 7.15. The molecule has 0 atom stereocenters. The van der Waals surface area contributed by atoms with Crippen LogP contribution in [0.4, 0.5) is 5.69 Å². The van der Waals surface area contributed by atoms with Crippen molar-refractivity contribution in [3.8, 4) is 5.75 Å². The topological polar surface area (TPSA) is 114 Å². The fourth-order valence-electron chi connectivity index (χ4n) is 3.98. The van der Waals surface area contributed by atoms with Crippen LogP contribution in [0.2, 0.25) is 0 Å². The summed E-state index contributed by atoms with van der Waals surface area (Å²) in [5.41, 5.74) is 2.76. The van der Waals surface area contributed by atoms with Crippen molar-refractivity contribution in [3.63, 3.8) is 0 Å². The lowest BCUT2D eigenvalue weighted by Crippen LogP contribution is -2.39. The van der Waals surface area contributed by atoms with E-state index in [-0.39, 0.29) is 27.7 Å². The Kier molecular flexibility index (Phi) is 8.27. The van der Waals surface area contributed by atoms with Crippen molar-refractivity contribution in [1.82, 2.24) is 20.4 Å². The molecule has 0 saturated carbocycles. The highest BCUT2D eigenvalue weighted by Crippen LogP contribution is 2.23. The van der Waals surface area contributed by atoms with E-state index in [4.69, 9.17) is 4.74 Å². The van der Waals surface area contributed by atoms with Gasteiger partial charge in [0.1, 0.15) is 5.75 Å². The molecule has 0 radical (unpaired) electrons. The number of carbonyl (C=O) groups is 3. The fraction of sp³-hybridized carbons (Fsp3) is 0.346. The second kappa shape index (κ2) is 11.8. The molecule has 10 heteroatoms. The van der Waals surface area contributed by atoms with Crippen LogP contribution >= 0.6 is 11.3 Å². The maximum Gasteiger partial charge on any atom is 0.286 e. The number of rotatable bonds is 8. The zero-order valence-electron chi connectivity index (χ0n) is 20.3. The van der Waals surface area contributed by atoms with E-state index in [9.17, 15) is 14.4 Å². The van der Waals surface area contributed by atoms with Crippen molar-refractivity contribution in [2.75, 3.05) is 25.5 Å². The molecule has 188 valence electrons. The number of benzene rings is 2. The first-order chi connectivity index (χ1) is 17.4. The minimum Gasteiger partial charge on any atom is -0.497 e. The number of methoxy groups -OCH3 is 1. The number of anilines is 1. The Morgan fingerprint density at radius 3 is 2.33 bits per heavy atom. The van der Waals surface area contributed by atoms with Gasteiger partial charge >= 0.3 is 0 Å². The summed E-state index contributed by atoms with van der Waals surface area (Å²) in [6.07, 6.45) is 1.91. The van der Waals surface area contributed by atoms with Crippen molar-refractivity contribution in [2.45, 2.75) is 32.7 Å². The van der Waals surface area contributed by atoms with Crippen LogP contribution in [0.1, 0.15) is 50.0 Å². The van der Waals surface area contributed by atoms with E-state index in [1.165, 1.54) is 0 Å². The average molecular weight is 508 g/mol. The van der Waals surface area contributed by atoms with Crippen LogP contribution in [0.3, 0.4) is 0 Å². The minimum absolute atomic E-state index is 0.00366. The first-order valence-corrected chi connectivity index (χ1v) is 12.6. The van der Waals surface area contributed by atoms with Crippen LogP contribution in [-0.2, 0) is 11.3 Å². The molecule has 36 heavy (non-hydrogen) atoms. The molecular formula is C26H29N5O4S. The Morgan fingerprint density at radius 1 is 1.00 bits per heavy atom. The van der Waals surface area contributed by atoms with Gasteiger partial charge in [0.2, 0.25) is 15.9 Å². The summed E-state index contributed by atoms with van der Waals surface area (Å²) in [5.74, 6) is 0.375. The fourth-order valence-corrected chi connectivity index (χ4v) is 4.68. The Balaban J connectivity index is 1.21. The van der Waals surface area contributed by atoms with Crippen molar-refractivity contribution in [2.24, 2.45) is 5.92 Å². The molecule has 0 bridgehead atoms. The lowest BCUT2D eigenvalue weighted by atomic mass is 9.93. The maximum atomic E-state index is 12.9. The van der Waals surface area contributed by atoms with E-state index in [1.54, 1.807) is 12.0 Å². The van der Waals surface area contributed by atoms with Gasteiger partial charge in [-0.2, -0.15) is 0 Å². The number of nitrogens with zero attached hydrogens (tertiary/aromatic N) is 3. The highest BCUT2D eigenvalue weighted by atomic mass is 32.1. The van der Waals surface area contributed by atoms with Crippen molar-refractivity contribution >= 4 is 34.7 Å². The van der Waals surface area contributed by atoms with Crippen LogP contribution in [-0.4, -0.2) is 53.0 Å². The molecule has 1 aliphatic heterocycles. The smallest absolute Gasteiger partial charge is 0.286 e. The molecule has 3 amide bonds. The quantitative estimate of drug-likeness (QED) is 0.481. The summed E-state index contributed by atoms with van der Waals surface area (Å²) in [7, 11) is 1.62. The number of amides is 3. The van der Waals surface area contributed by atoms with E-state index in [2.05, 4.69) is 20.8 Å². The SMILES string of the molecule is COc1ccc(CNC(=O)CC2CCN(C(=O)c3nnc(C(=O)Nc4ccc(C)cc4)s3)CC2)cc1. The molecule has 1 saturated heterocycles. The summed E-state index contributed by atoms with van der Waals surface area (Å²) < 4.78 is 5.15. The molecule has 1 aliphatic rings. The van der Waals surface area contributed by atoms with Gasteiger partial charge in [-0.15, -0.1) is 10.2 Å². The normalized spacial score (nSPS) is 13.8. The maximum absolute atomic E-state index is 12.9. The lowest BCUT2D eigenvalue weighted by molar-refractivity contribution is -0.122. The van der Waals surface area contributed by atoms with Gasteiger partial charge < -0.3 is 20.3 Å². The summed E-state index contributed by atoms with van der Waals surface area (Å²) in [5, 5.41) is 13.9. The molecule has 2 aromatic carbocycles. The largest absolute Gasteiger partial charge is 0.497 e. The van der Waals surface area contributed by atoms with Gasteiger partial charge in [0, 0.05) is 31.7 Å². The highest BCUT2D eigenvalue weighted by Gasteiger charge is 2.28. The number of likely N-dealkylation sites (tertiary alicyclic amines) is 1. The zero-order valence-corrected chi connectivity index (χ0v) is 21.1. The van der Waals surface area contributed by atoms with E-state index in [1.807, 2.05) is 55.5 Å². The molecule has 2 heterocycles. The molecule has 0 unspecified atom stereocenters. The third-order valence-electron chi connectivity index (χ3n) is 6.14. The first kappa shape index (κ1) is 25.3. The van der Waals surface area contributed by atoms with E-state index in [0.29, 0.717) is 31.7 Å². The number of aromatic nitrogens is 2. The third kappa shape index (κ3) is 6.66. The molecule has 3 aromatic rings. The molecule has 0 spiro atoms. The van der Waals surface area contributed by atoms with Gasteiger partial charge in [-0.3, -0.25) is 14.4 Å². The Bertz CT molecular complexity index is 1200. The van der Waals surface area contributed by atoms with Gasteiger partial charge in [-0.1, -0.05) is 41.2 Å². The van der Waals surface area contributed by atoms with Gasteiger partial charge in [-0.25, -0.2) is 0 Å². The van der Waals surface area contributed by atoms with Crippen LogP contribution in [0.25, 0.3) is 0 Å². The predicted molar refractivity (Wildman–Crippen MR) is 137 cm³/mol. The standard InChI is InChI=1S/C26H29N5O4S/c1-17-3-7-20(8-4-17)28-23(33)24-29-30-25(36-24)26(34)31-13-11-18(12-14-31)15-22(32)27-16-19-5-9-21(35-2)10-6-19/h3-10,18H,11-16H2,1-2H3,(H,27,32)(H,28,33). The number of nitrogens with one attached hydrogen (secondary N) is 2. The second-order valence-electron chi connectivity index (χ2n) is 8.80. The minimum atomic E-state index is -0.394. The van der Waals surface area contributed by atoms with Gasteiger partial charge in [0.25, 0.3) is 11.8 Å². The van der Waals surface area contributed by atoms with E-state index >= 15 is 0 Å². The van der Waals surface area contributed by atoms with Crippen molar-refractivity contribution in [3.05, 3.63) is 69.7 Å². The Hall–Kier alpha value is -3.79. The number of ether oxygens (including phenoxy) is 1. The number of hydrogen-bond donors (Lipinski definition) is 2. The zero-order chi connectivity index (χ0) is 25.5. The second-order valence-corrected chi connectivity index (χ2v) is 9.77. The van der Waals surface area contributed by atoms with Crippen LogP contribution in [0.15, 0.2) is 48.5 Å². The van der Waals surface area contributed by atoms with Crippen molar-refractivity contribution < 1.29 is 19.1 Å². The van der Waals surface area contributed by atoms with E-state index in [0.717, 1.165) is 41.1 Å². The summed E-state index contributed by atoms with van der Waals surface area (Å²) in [6, 6.07) is 15.0. The number of aryl methyl sites for hydroxylation is 1. The first-order valence-electron chi connectivity index (χ1n) is 11.8. The summed E-state index contributed by atoms with van der Waals surface area (Å²) in [6.45, 7) is 3.52. The third-order valence-corrected chi connectivity index (χ3v) is 7.05. The van der Waals surface area contributed by atoms with Crippen LogP contribution in [0, 0.1) is 12.8 Å². The van der Waals surface area contributed by atoms with Crippen molar-refractivity contribution in [1.29, 1.82) is 0 Å². The predicted octanol–water partition coefficient (Wildman–Crippen LogP) is 3.67. The van der Waals surface area contributed by atoms with Crippen LogP contribution in [0.5, 0.6) is 5.75 Å².